The van der Waals surface area contributed by atoms with Crippen LogP contribution in [-0.4, -0.2) is 31.6 Å². The van der Waals surface area contributed by atoms with Gasteiger partial charge >= 0.3 is 0 Å². The van der Waals surface area contributed by atoms with Crippen molar-refractivity contribution in [3.63, 3.8) is 0 Å². The van der Waals surface area contributed by atoms with Gasteiger partial charge in [0.2, 0.25) is 0 Å². The van der Waals surface area contributed by atoms with Gasteiger partial charge in [0, 0.05) is 12.0 Å². The van der Waals surface area contributed by atoms with Gasteiger partial charge in [-0.05, 0) is 69.3 Å². The molecular formula is C19H30N2. The van der Waals surface area contributed by atoms with Crippen molar-refractivity contribution in [3.8, 4) is 0 Å². The Kier molecular flexibility index (Phi) is 4.66. The van der Waals surface area contributed by atoms with Crippen LogP contribution in [0.5, 0.6) is 0 Å². The van der Waals surface area contributed by atoms with Crippen LogP contribution in [0.2, 0.25) is 0 Å². The summed E-state index contributed by atoms with van der Waals surface area (Å²) in [5.74, 6) is 0.742. The molecule has 1 atom stereocenters. The number of nitrogens with zero attached hydrogens (tertiary/aromatic N) is 1. The first kappa shape index (κ1) is 15.1. The van der Waals surface area contributed by atoms with E-state index in [2.05, 4.69) is 36.2 Å². The Morgan fingerprint density at radius 3 is 2.71 bits per heavy atom. The number of rotatable bonds is 3. The van der Waals surface area contributed by atoms with Gasteiger partial charge in [-0.1, -0.05) is 37.1 Å². The van der Waals surface area contributed by atoms with E-state index in [9.17, 15) is 0 Å². The number of likely N-dealkylation sites (tertiary alicyclic amines) is 1. The fourth-order valence-corrected chi connectivity index (χ4v) is 4.36. The molecule has 1 saturated heterocycles. The quantitative estimate of drug-likeness (QED) is 0.919. The highest BCUT2D eigenvalue weighted by molar-refractivity contribution is 5.33. The summed E-state index contributed by atoms with van der Waals surface area (Å²) in [6.07, 6.45) is 9.21. The predicted molar refractivity (Wildman–Crippen MR) is 89.7 cm³/mol. The van der Waals surface area contributed by atoms with Crippen LogP contribution < -0.4 is 5.73 Å². The highest BCUT2D eigenvalue weighted by Gasteiger charge is 2.34. The molecule has 1 heterocycles. The van der Waals surface area contributed by atoms with Crippen molar-refractivity contribution in [1.29, 1.82) is 0 Å². The van der Waals surface area contributed by atoms with E-state index in [0.717, 1.165) is 12.5 Å². The minimum Gasteiger partial charge on any atom is -0.330 e. The van der Waals surface area contributed by atoms with Gasteiger partial charge < -0.3 is 10.6 Å². The third-order valence-electron chi connectivity index (χ3n) is 5.87. The van der Waals surface area contributed by atoms with E-state index in [4.69, 9.17) is 5.73 Å². The molecule has 1 aliphatic heterocycles. The summed E-state index contributed by atoms with van der Waals surface area (Å²) in [6, 6.07) is 9.44. The Morgan fingerprint density at radius 1 is 1.14 bits per heavy atom. The summed E-state index contributed by atoms with van der Waals surface area (Å²) < 4.78 is 0. The predicted octanol–water partition coefficient (Wildman–Crippen LogP) is 3.66. The van der Waals surface area contributed by atoms with Crippen molar-refractivity contribution < 1.29 is 0 Å². The van der Waals surface area contributed by atoms with Crippen LogP contribution in [0, 0.1) is 0 Å². The van der Waals surface area contributed by atoms with Crippen LogP contribution in [0.15, 0.2) is 24.3 Å². The molecule has 116 valence electrons. The molecule has 2 N–H and O–H groups in total. The number of nitrogens with two attached hydrogens (primary N) is 1. The maximum atomic E-state index is 6.17. The first-order chi connectivity index (χ1) is 10.2. The highest BCUT2D eigenvalue weighted by Crippen LogP contribution is 2.41. The fourth-order valence-electron chi connectivity index (χ4n) is 4.36. The maximum absolute atomic E-state index is 6.17. The number of benzene rings is 1. The molecule has 2 heteroatoms. The Hall–Kier alpha value is -0.860. The summed E-state index contributed by atoms with van der Waals surface area (Å²) >= 11 is 0. The van der Waals surface area contributed by atoms with E-state index in [1.165, 1.54) is 63.6 Å². The molecule has 0 radical (unpaired) electrons. The van der Waals surface area contributed by atoms with Gasteiger partial charge in [0.05, 0.1) is 0 Å². The first-order valence-corrected chi connectivity index (χ1v) is 8.73. The maximum Gasteiger partial charge on any atom is 0.00756 e. The Morgan fingerprint density at radius 2 is 1.95 bits per heavy atom. The van der Waals surface area contributed by atoms with E-state index in [1.54, 1.807) is 5.56 Å². The summed E-state index contributed by atoms with van der Waals surface area (Å²) in [7, 11) is 2.25. The van der Waals surface area contributed by atoms with Gasteiger partial charge in [-0.15, -0.1) is 0 Å². The van der Waals surface area contributed by atoms with Crippen molar-refractivity contribution in [3.05, 3.63) is 35.4 Å². The fraction of sp³-hybridized carbons (Fsp3) is 0.684. The van der Waals surface area contributed by atoms with Gasteiger partial charge in [-0.25, -0.2) is 0 Å². The zero-order valence-corrected chi connectivity index (χ0v) is 13.5. The largest absolute Gasteiger partial charge is 0.330 e. The minimum atomic E-state index is 0.275. The molecule has 21 heavy (non-hydrogen) atoms. The van der Waals surface area contributed by atoms with Crippen LogP contribution >= 0.6 is 0 Å². The van der Waals surface area contributed by atoms with E-state index in [1.807, 2.05) is 0 Å². The molecule has 0 aromatic heterocycles. The summed E-state index contributed by atoms with van der Waals surface area (Å²) in [4.78, 5) is 2.47. The topological polar surface area (TPSA) is 29.3 Å². The molecule has 2 nitrogen and oxygen atoms in total. The third kappa shape index (κ3) is 3.17. The van der Waals surface area contributed by atoms with Crippen LogP contribution in [-0.2, 0) is 5.41 Å². The standard InChI is InChI=1S/C19H30N2/c1-21-12-5-7-16(9-13-21)17-6-4-8-18(14-17)19(15-20)10-2-3-11-19/h4,6,8,14,16H,2-3,5,7,9-13,15,20H2,1H3. The molecule has 0 bridgehead atoms. The van der Waals surface area contributed by atoms with E-state index in [-0.39, 0.29) is 5.41 Å². The smallest absolute Gasteiger partial charge is 0.00756 e. The second-order valence-electron chi connectivity index (χ2n) is 7.25. The van der Waals surface area contributed by atoms with Gasteiger partial charge in [0.25, 0.3) is 0 Å². The molecule has 1 aromatic rings. The second kappa shape index (κ2) is 6.50. The Labute approximate surface area is 129 Å². The van der Waals surface area contributed by atoms with Crippen molar-refractivity contribution in [2.24, 2.45) is 5.73 Å². The molecule has 3 rings (SSSR count). The Bertz CT molecular complexity index is 462. The highest BCUT2D eigenvalue weighted by atomic mass is 15.1. The second-order valence-corrected chi connectivity index (χ2v) is 7.25. The van der Waals surface area contributed by atoms with Crippen LogP contribution in [0.3, 0.4) is 0 Å². The molecule has 1 saturated carbocycles. The van der Waals surface area contributed by atoms with Crippen molar-refractivity contribution in [1.82, 2.24) is 4.90 Å². The van der Waals surface area contributed by atoms with Crippen molar-refractivity contribution in [2.75, 3.05) is 26.7 Å². The average Bonchev–Trinajstić information content (AvgIpc) is 2.91. The van der Waals surface area contributed by atoms with Crippen LogP contribution in [0.25, 0.3) is 0 Å². The van der Waals surface area contributed by atoms with Crippen molar-refractivity contribution >= 4 is 0 Å². The zero-order valence-electron chi connectivity index (χ0n) is 13.5. The van der Waals surface area contributed by atoms with Gasteiger partial charge in [0.15, 0.2) is 0 Å². The monoisotopic (exact) mass is 286 g/mol. The lowest BCUT2D eigenvalue weighted by atomic mass is 9.77. The summed E-state index contributed by atoms with van der Waals surface area (Å²) in [5.41, 5.74) is 9.51. The molecule has 1 aromatic carbocycles. The van der Waals surface area contributed by atoms with E-state index in [0.29, 0.717) is 0 Å². The van der Waals surface area contributed by atoms with Gasteiger partial charge in [-0.2, -0.15) is 0 Å². The summed E-state index contributed by atoms with van der Waals surface area (Å²) in [6.45, 7) is 3.30. The molecular weight excluding hydrogens is 256 g/mol. The third-order valence-corrected chi connectivity index (χ3v) is 5.87. The Balaban J connectivity index is 1.82. The van der Waals surface area contributed by atoms with Gasteiger partial charge in [-0.3, -0.25) is 0 Å². The lowest BCUT2D eigenvalue weighted by molar-refractivity contribution is 0.347. The minimum absolute atomic E-state index is 0.275. The van der Waals surface area contributed by atoms with Gasteiger partial charge in [0.1, 0.15) is 0 Å². The molecule has 0 amide bonds. The molecule has 2 fully saturated rings. The van der Waals surface area contributed by atoms with Crippen LogP contribution in [0.4, 0.5) is 0 Å². The molecule has 2 aliphatic rings. The molecule has 0 spiro atoms. The lowest BCUT2D eigenvalue weighted by Gasteiger charge is -2.29. The van der Waals surface area contributed by atoms with E-state index < -0.39 is 0 Å². The normalized spacial score (nSPS) is 26.7. The SMILES string of the molecule is CN1CCCC(c2cccc(C3(CN)CCCC3)c2)CC1. The van der Waals surface area contributed by atoms with E-state index >= 15 is 0 Å². The average molecular weight is 286 g/mol. The number of hydrogen-bond acceptors (Lipinski definition) is 2. The lowest BCUT2D eigenvalue weighted by Crippen LogP contribution is -2.32. The summed E-state index contributed by atoms with van der Waals surface area (Å²) in [5, 5.41) is 0. The van der Waals surface area contributed by atoms with Crippen molar-refractivity contribution in [2.45, 2.75) is 56.3 Å². The number of hydrogen-bond donors (Lipinski definition) is 1. The van der Waals surface area contributed by atoms with Crippen LogP contribution in [0.1, 0.15) is 62.0 Å². The molecule has 1 aliphatic carbocycles. The zero-order chi connectivity index (χ0) is 14.7. The first-order valence-electron chi connectivity index (χ1n) is 8.73. The molecule has 1 unspecified atom stereocenters.